The first-order chi connectivity index (χ1) is 13.9. The Morgan fingerprint density at radius 2 is 2.03 bits per heavy atom. The minimum atomic E-state index is -0.303. The number of nitrogens with zero attached hydrogens (tertiary/aromatic N) is 3. The highest BCUT2D eigenvalue weighted by Crippen LogP contribution is 2.31. The number of carbonyl (C=O) groups excluding carboxylic acids is 1. The average Bonchev–Trinajstić information content (AvgIpc) is 3.20. The molecule has 0 saturated carbocycles. The van der Waals surface area contributed by atoms with Crippen LogP contribution in [-0.2, 0) is 4.79 Å². The molecule has 0 saturated heterocycles. The van der Waals surface area contributed by atoms with E-state index < -0.39 is 0 Å². The van der Waals surface area contributed by atoms with Crippen molar-refractivity contribution in [3.05, 3.63) is 58.9 Å². The van der Waals surface area contributed by atoms with Crippen LogP contribution in [-0.4, -0.2) is 45.9 Å². The average molecular weight is 435 g/mol. The Morgan fingerprint density at radius 3 is 2.72 bits per heavy atom. The number of rotatable bonds is 7. The van der Waals surface area contributed by atoms with E-state index in [0.29, 0.717) is 27.3 Å². The molecule has 1 amide bonds. The number of hydrogen-bond donors (Lipinski definition) is 1. The van der Waals surface area contributed by atoms with Gasteiger partial charge in [-0.15, -0.1) is 5.10 Å². The number of methoxy groups -OCH3 is 1. The Kier molecular flexibility index (Phi) is 6.76. The van der Waals surface area contributed by atoms with Crippen molar-refractivity contribution in [1.82, 2.24) is 20.1 Å². The summed E-state index contributed by atoms with van der Waals surface area (Å²) < 4.78 is 18.4. The predicted molar refractivity (Wildman–Crippen MR) is 112 cm³/mol. The molecule has 3 aromatic rings. The molecule has 0 spiro atoms. The second kappa shape index (κ2) is 9.28. The first kappa shape index (κ1) is 21.1. The third kappa shape index (κ3) is 5.07. The molecule has 1 unspecified atom stereocenters. The van der Waals surface area contributed by atoms with Crippen LogP contribution in [0.1, 0.15) is 18.5 Å². The van der Waals surface area contributed by atoms with Gasteiger partial charge in [-0.25, -0.2) is 9.37 Å². The van der Waals surface area contributed by atoms with Crippen LogP contribution < -0.4 is 4.74 Å². The van der Waals surface area contributed by atoms with Gasteiger partial charge in [-0.3, -0.25) is 9.89 Å². The molecular weight excluding hydrogens is 415 g/mol. The normalized spacial score (nSPS) is 11.9. The second-order valence-electron chi connectivity index (χ2n) is 6.33. The molecule has 0 aliphatic rings. The lowest BCUT2D eigenvalue weighted by Crippen LogP contribution is -2.31. The SMILES string of the molecule is COc1ccc(Cl)cc1-c1nc(SCC(=O)N(C)C(C)c2ccc(F)cc2)n[nH]1. The Morgan fingerprint density at radius 1 is 1.31 bits per heavy atom. The molecule has 1 heterocycles. The molecule has 1 atom stereocenters. The van der Waals surface area contributed by atoms with Crippen molar-refractivity contribution in [2.75, 3.05) is 19.9 Å². The third-order valence-corrected chi connectivity index (χ3v) is 5.60. The lowest BCUT2D eigenvalue weighted by molar-refractivity contribution is -0.128. The Hall–Kier alpha value is -2.58. The highest BCUT2D eigenvalue weighted by Gasteiger charge is 2.19. The van der Waals surface area contributed by atoms with Crippen molar-refractivity contribution in [2.24, 2.45) is 0 Å². The fourth-order valence-electron chi connectivity index (χ4n) is 2.71. The first-order valence-electron chi connectivity index (χ1n) is 8.79. The minimum absolute atomic E-state index is 0.0847. The van der Waals surface area contributed by atoms with Crippen LogP contribution in [0, 0.1) is 5.82 Å². The van der Waals surface area contributed by atoms with E-state index in [4.69, 9.17) is 16.3 Å². The molecule has 6 nitrogen and oxygen atoms in total. The summed E-state index contributed by atoms with van der Waals surface area (Å²) in [4.78, 5) is 18.6. The summed E-state index contributed by atoms with van der Waals surface area (Å²) in [6.45, 7) is 1.89. The predicted octanol–water partition coefficient (Wildman–Crippen LogP) is 4.58. The van der Waals surface area contributed by atoms with Crippen LogP contribution in [0.5, 0.6) is 5.75 Å². The van der Waals surface area contributed by atoms with Gasteiger partial charge in [0.1, 0.15) is 11.6 Å². The summed E-state index contributed by atoms with van der Waals surface area (Å²) in [5, 5.41) is 8.00. The van der Waals surface area contributed by atoms with Gasteiger partial charge in [0.05, 0.1) is 24.5 Å². The van der Waals surface area contributed by atoms with Crippen LogP contribution in [0.4, 0.5) is 4.39 Å². The van der Waals surface area contributed by atoms with Crippen molar-refractivity contribution in [3.63, 3.8) is 0 Å². The van der Waals surface area contributed by atoms with Gasteiger partial charge < -0.3 is 9.64 Å². The molecule has 0 fully saturated rings. The molecule has 2 aromatic carbocycles. The molecule has 0 aliphatic carbocycles. The fourth-order valence-corrected chi connectivity index (χ4v) is 3.60. The highest BCUT2D eigenvalue weighted by molar-refractivity contribution is 7.99. The standard InChI is InChI=1S/C20H20ClFN4O2S/c1-12(13-4-7-15(22)8-5-13)26(2)18(27)11-29-20-23-19(24-25-20)16-10-14(21)6-9-17(16)28-3/h4-10,12H,11H2,1-3H3,(H,23,24,25). The molecule has 29 heavy (non-hydrogen) atoms. The maximum atomic E-state index is 13.1. The van der Waals surface area contributed by atoms with Crippen LogP contribution >= 0.6 is 23.4 Å². The van der Waals surface area contributed by atoms with Gasteiger partial charge in [0.2, 0.25) is 11.1 Å². The number of aromatic nitrogens is 3. The topological polar surface area (TPSA) is 71.1 Å². The fraction of sp³-hybridized carbons (Fsp3) is 0.250. The van der Waals surface area contributed by atoms with Crippen LogP contribution in [0.15, 0.2) is 47.6 Å². The zero-order valence-electron chi connectivity index (χ0n) is 16.1. The van der Waals surface area contributed by atoms with E-state index in [1.807, 2.05) is 6.92 Å². The van der Waals surface area contributed by atoms with Crippen molar-refractivity contribution >= 4 is 29.3 Å². The van der Waals surface area contributed by atoms with E-state index in [9.17, 15) is 9.18 Å². The van der Waals surface area contributed by atoms with Gasteiger partial charge in [0, 0.05) is 12.1 Å². The van der Waals surface area contributed by atoms with E-state index in [1.165, 1.54) is 23.9 Å². The molecule has 3 rings (SSSR count). The van der Waals surface area contributed by atoms with E-state index >= 15 is 0 Å². The third-order valence-electron chi connectivity index (χ3n) is 4.53. The van der Waals surface area contributed by atoms with Crippen LogP contribution in [0.3, 0.4) is 0 Å². The van der Waals surface area contributed by atoms with Gasteiger partial charge in [0.25, 0.3) is 0 Å². The summed E-state index contributed by atoms with van der Waals surface area (Å²) >= 11 is 7.29. The summed E-state index contributed by atoms with van der Waals surface area (Å²) in [6.07, 6.45) is 0. The zero-order valence-corrected chi connectivity index (χ0v) is 17.7. The first-order valence-corrected chi connectivity index (χ1v) is 10.2. The zero-order chi connectivity index (χ0) is 21.0. The van der Waals surface area contributed by atoms with Crippen molar-refractivity contribution < 1.29 is 13.9 Å². The van der Waals surface area contributed by atoms with E-state index in [-0.39, 0.29) is 23.5 Å². The molecule has 0 bridgehead atoms. The summed E-state index contributed by atoms with van der Waals surface area (Å²) in [6, 6.07) is 11.2. The van der Waals surface area contributed by atoms with E-state index in [1.54, 1.807) is 49.4 Å². The number of halogens is 2. The van der Waals surface area contributed by atoms with Crippen molar-refractivity contribution in [1.29, 1.82) is 0 Å². The molecule has 0 radical (unpaired) electrons. The quantitative estimate of drug-likeness (QED) is 0.551. The number of hydrogen-bond acceptors (Lipinski definition) is 5. The summed E-state index contributed by atoms with van der Waals surface area (Å²) in [5.74, 6) is 0.908. The number of benzene rings is 2. The summed E-state index contributed by atoms with van der Waals surface area (Å²) in [7, 11) is 3.28. The highest BCUT2D eigenvalue weighted by atomic mass is 35.5. The number of thioether (sulfide) groups is 1. The number of nitrogens with one attached hydrogen (secondary N) is 1. The number of amides is 1. The number of carbonyl (C=O) groups is 1. The molecule has 0 aliphatic heterocycles. The van der Waals surface area contributed by atoms with Gasteiger partial charge >= 0.3 is 0 Å². The lowest BCUT2D eigenvalue weighted by atomic mass is 10.1. The second-order valence-corrected chi connectivity index (χ2v) is 7.71. The molecule has 1 N–H and O–H groups in total. The van der Waals surface area contributed by atoms with Crippen molar-refractivity contribution in [3.8, 4) is 17.1 Å². The van der Waals surface area contributed by atoms with Crippen LogP contribution in [0.25, 0.3) is 11.4 Å². The molecule has 1 aromatic heterocycles. The van der Waals surface area contributed by atoms with Gasteiger partial charge in [-0.2, -0.15) is 0 Å². The molecule has 9 heteroatoms. The number of aromatic amines is 1. The van der Waals surface area contributed by atoms with E-state index in [0.717, 1.165) is 5.56 Å². The monoisotopic (exact) mass is 434 g/mol. The maximum Gasteiger partial charge on any atom is 0.233 e. The van der Waals surface area contributed by atoms with E-state index in [2.05, 4.69) is 15.2 Å². The summed E-state index contributed by atoms with van der Waals surface area (Å²) in [5.41, 5.74) is 1.55. The van der Waals surface area contributed by atoms with Crippen molar-refractivity contribution in [2.45, 2.75) is 18.1 Å². The Labute approximate surface area is 177 Å². The smallest absolute Gasteiger partial charge is 0.233 e. The van der Waals surface area contributed by atoms with Gasteiger partial charge in [-0.05, 0) is 42.8 Å². The Balaban J connectivity index is 1.64. The molecular formula is C20H20ClFN4O2S. The number of ether oxygens (including phenoxy) is 1. The van der Waals surface area contributed by atoms with Crippen LogP contribution in [0.2, 0.25) is 5.02 Å². The molecule has 152 valence electrons. The largest absolute Gasteiger partial charge is 0.496 e. The maximum absolute atomic E-state index is 13.1. The minimum Gasteiger partial charge on any atom is -0.496 e. The number of H-pyrrole nitrogens is 1. The van der Waals surface area contributed by atoms with Gasteiger partial charge in [-0.1, -0.05) is 35.5 Å². The Bertz CT molecular complexity index is 996. The lowest BCUT2D eigenvalue weighted by Gasteiger charge is -2.25. The van der Waals surface area contributed by atoms with Gasteiger partial charge in [0.15, 0.2) is 5.82 Å².